The monoisotopic (exact) mass is 539 g/mol. The van der Waals surface area contributed by atoms with Crippen LogP contribution in [0.15, 0.2) is 0 Å². The summed E-state index contributed by atoms with van der Waals surface area (Å²) in [7, 11) is 5.27. The Hall–Kier alpha value is 0.307. The van der Waals surface area contributed by atoms with E-state index in [1.165, 1.54) is 83.5 Å². The Bertz CT molecular complexity index is 451. The highest BCUT2D eigenvalue weighted by atomic mass is 35.5. The lowest BCUT2D eigenvalue weighted by Gasteiger charge is -2.37. The molecule has 0 fully saturated rings. The topological polar surface area (TPSA) is 47.9 Å². The summed E-state index contributed by atoms with van der Waals surface area (Å²) in [6.07, 6.45) is 19.9. The molecule has 1 atom stereocenters. The molecule has 0 spiro atoms. The Kier molecular flexibility index (Phi) is 25.1. The minimum Gasteiger partial charge on any atom is -1.00 e. The molecule has 1 unspecified atom stereocenters. The van der Waals surface area contributed by atoms with Crippen molar-refractivity contribution in [2.45, 2.75) is 123 Å². The first-order chi connectivity index (χ1) is 16.3. The van der Waals surface area contributed by atoms with Crippen molar-refractivity contribution in [1.29, 1.82) is 0 Å². The van der Waals surface area contributed by atoms with E-state index in [0.717, 1.165) is 30.4 Å². The van der Waals surface area contributed by atoms with Crippen molar-refractivity contribution < 1.29 is 35.3 Å². The van der Waals surface area contributed by atoms with E-state index in [9.17, 15) is 5.11 Å². The predicted octanol–water partition coefficient (Wildman–Crippen LogP) is 4.21. The predicted molar refractivity (Wildman–Crippen MR) is 148 cm³/mol. The minimum absolute atomic E-state index is 0. The molecule has 5 nitrogen and oxygen atoms in total. The van der Waals surface area contributed by atoms with Gasteiger partial charge in [-0.25, -0.2) is 0 Å². The largest absolute Gasteiger partial charge is 1.00 e. The summed E-state index contributed by atoms with van der Waals surface area (Å²) >= 11 is 0. The van der Waals surface area contributed by atoms with E-state index in [4.69, 9.17) is 13.3 Å². The summed E-state index contributed by atoms with van der Waals surface area (Å²) < 4.78 is 19.0. The molecule has 0 heterocycles. The Morgan fingerprint density at radius 3 is 1.60 bits per heavy atom. The van der Waals surface area contributed by atoms with Crippen molar-refractivity contribution in [3.63, 3.8) is 0 Å². The standard InChI is InChI=1S/C28H62NO4Si.ClH/c1-8-9-10-11-12-13-14-15-16-17-18-19-20-21-28(22-23-29(4,5)26-27(2)3)34(31-6,32-7)33-25-24-30;/h27-28,30H,8-26H2,1-7H3;1H/q+1;/p-1. The maximum atomic E-state index is 9.34. The average molecular weight is 540 g/mol. The SMILES string of the molecule is CCCCCCCCCCCCCCCC(CC[N+](C)(C)CC(C)C)[Si](OC)(OC)OCCO.[Cl-]. The highest BCUT2D eigenvalue weighted by molar-refractivity contribution is 6.62. The minimum atomic E-state index is -2.81. The van der Waals surface area contributed by atoms with Crippen molar-refractivity contribution in [3.8, 4) is 0 Å². The molecule has 0 saturated carbocycles. The van der Waals surface area contributed by atoms with Crippen molar-refractivity contribution in [3.05, 3.63) is 0 Å². The number of nitrogens with zero attached hydrogens (tertiary/aromatic N) is 1. The molecule has 0 aliphatic carbocycles. The molecule has 0 aliphatic rings. The quantitative estimate of drug-likeness (QED) is 0.107. The van der Waals surface area contributed by atoms with Crippen LogP contribution < -0.4 is 12.4 Å². The Morgan fingerprint density at radius 1 is 0.743 bits per heavy atom. The number of quaternary nitrogens is 1. The number of unbranched alkanes of at least 4 members (excludes halogenated alkanes) is 12. The lowest BCUT2D eigenvalue weighted by molar-refractivity contribution is -0.893. The molecule has 1 N–H and O–H groups in total. The van der Waals surface area contributed by atoms with E-state index in [1.54, 1.807) is 14.2 Å². The Balaban J connectivity index is 0. The molecule has 0 aromatic rings. The van der Waals surface area contributed by atoms with Gasteiger partial charge in [0.05, 0.1) is 40.4 Å². The smallest absolute Gasteiger partial charge is 0.503 e. The summed E-state index contributed by atoms with van der Waals surface area (Å²) in [5.74, 6) is 0.673. The molecule has 0 bridgehead atoms. The zero-order valence-corrected chi connectivity index (χ0v) is 26.3. The zero-order valence-electron chi connectivity index (χ0n) is 24.6. The summed E-state index contributed by atoms with van der Waals surface area (Å²) in [5.41, 5.74) is 0.284. The molecule has 0 rings (SSSR count). The molecule has 0 aromatic carbocycles. The van der Waals surface area contributed by atoms with Gasteiger partial charge >= 0.3 is 8.80 Å². The van der Waals surface area contributed by atoms with Crippen LogP contribution in [0.5, 0.6) is 0 Å². The number of aliphatic hydroxyl groups is 1. The van der Waals surface area contributed by atoms with Gasteiger partial charge in [-0.3, -0.25) is 0 Å². The third kappa shape index (κ3) is 19.1. The van der Waals surface area contributed by atoms with E-state index in [0.29, 0.717) is 5.92 Å². The lowest BCUT2D eigenvalue weighted by Crippen LogP contribution is -3.00. The van der Waals surface area contributed by atoms with Crippen LogP contribution in [-0.2, 0) is 13.3 Å². The summed E-state index contributed by atoms with van der Waals surface area (Å²) in [4.78, 5) is 0. The van der Waals surface area contributed by atoms with Crippen molar-refractivity contribution in [2.24, 2.45) is 5.92 Å². The first kappa shape index (κ1) is 37.5. The summed E-state index contributed by atoms with van der Waals surface area (Å²) in [5, 5.41) is 9.34. The van der Waals surface area contributed by atoms with Gasteiger partial charge in [0.2, 0.25) is 0 Å². The van der Waals surface area contributed by atoms with Crippen LogP contribution in [0.2, 0.25) is 5.54 Å². The highest BCUT2D eigenvalue weighted by Crippen LogP contribution is 2.34. The van der Waals surface area contributed by atoms with E-state index < -0.39 is 8.80 Å². The average Bonchev–Trinajstić information content (AvgIpc) is 2.79. The third-order valence-corrected chi connectivity index (χ3v) is 10.4. The van der Waals surface area contributed by atoms with Crippen LogP contribution in [0.4, 0.5) is 0 Å². The number of halogens is 1. The fourth-order valence-electron chi connectivity index (χ4n) is 5.33. The van der Waals surface area contributed by atoms with Gasteiger partial charge < -0.3 is 35.3 Å². The second-order valence-electron chi connectivity index (χ2n) is 11.3. The number of rotatable bonds is 25. The van der Waals surface area contributed by atoms with Crippen molar-refractivity contribution in [2.75, 3.05) is 54.6 Å². The second kappa shape index (κ2) is 23.4. The molecule has 7 heteroatoms. The van der Waals surface area contributed by atoms with Gasteiger partial charge in [-0.1, -0.05) is 104 Å². The van der Waals surface area contributed by atoms with E-state index >= 15 is 0 Å². The maximum Gasteiger partial charge on any atom is 0.503 e. The molecular formula is C28H62ClNO4Si. The Morgan fingerprint density at radius 2 is 1.20 bits per heavy atom. The molecule has 0 aromatic heterocycles. The summed E-state index contributed by atoms with van der Waals surface area (Å²) in [6, 6.07) is 0. The van der Waals surface area contributed by atoms with Gasteiger partial charge in [-0.15, -0.1) is 0 Å². The van der Waals surface area contributed by atoms with E-state index in [-0.39, 0.29) is 31.2 Å². The zero-order chi connectivity index (χ0) is 25.7. The van der Waals surface area contributed by atoms with Crippen LogP contribution >= 0.6 is 0 Å². The molecule has 214 valence electrons. The van der Waals surface area contributed by atoms with Crippen LogP contribution in [0.25, 0.3) is 0 Å². The molecule has 35 heavy (non-hydrogen) atoms. The first-order valence-corrected chi connectivity index (χ1v) is 16.2. The molecule has 0 radical (unpaired) electrons. The van der Waals surface area contributed by atoms with Gasteiger partial charge in [-0.05, 0) is 6.42 Å². The highest BCUT2D eigenvalue weighted by Gasteiger charge is 2.48. The number of hydrogen-bond acceptors (Lipinski definition) is 4. The molecular weight excluding hydrogens is 478 g/mol. The van der Waals surface area contributed by atoms with Gasteiger partial charge in [0.1, 0.15) is 0 Å². The van der Waals surface area contributed by atoms with Crippen molar-refractivity contribution in [1.82, 2.24) is 0 Å². The number of hydrogen-bond donors (Lipinski definition) is 1. The second-order valence-corrected chi connectivity index (χ2v) is 14.5. The van der Waals surface area contributed by atoms with Gasteiger partial charge in [0.15, 0.2) is 0 Å². The Labute approximate surface area is 227 Å². The van der Waals surface area contributed by atoms with Crippen LogP contribution in [-0.4, -0.2) is 73.0 Å². The first-order valence-electron chi connectivity index (χ1n) is 14.4. The molecule has 0 aliphatic heterocycles. The third-order valence-electron chi connectivity index (χ3n) is 7.06. The number of aliphatic hydroxyl groups excluding tert-OH is 1. The fourth-order valence-corrected chi connectivity index (χ4v) is 8.05. The van der Waals surface area contributed by atoms with Crippen molar-refractivity contribution >= 4 is 8.80 Å². The van der Waals surface area contributed by atoms with Crippen LogP contribution in [0.3, 0.4) is 0 Å². The molecule has 0 amide bonds. The molecule has 0 saturated heterocycles. The fraction of sp³-hybridized carbons (Fsp3) is 1.00. The van der Waals surface area contributed by atoms with Crippen LogP contribution in [0, 0.1) is 5.92 Å². The summed E-state index contributed by atoms with van der Waals surface area (Å²) in [6.45, 7) is 9.40. The van der Waals surface area contributed by atoms with Gasteiger partial charge in [0.25, 0.3) is 0 Å². The van der Waals surface area contributed by atoms with Crippen LogP contribution in [0.1, 0.15) is 117 Å². The van der Waals surface area contributed by atoms with E-state index in [1.807, 2.05) is 0 Å². The maximum absolute atomic E-state index is 9.34. The normalized spacial score (nSPS) is 13.3. The van der Waals surface area contributed by atoms with E-state index in [2.05, 4.69) is 34.9 Å². The van der Waals surface area contributed by atoms with Gasteiger partial charge in [-0.2, -0.15) is 0 Å². The lowest BCUT2D eigenvalue weighted by atomic mass is 10.0. The van der Waals surface area contributed by atoms with Gasteiger partial charge in [0, 0.05) is 32.1 Å².